The molecule has 0 radical (unpaired) electrons. The molecular weight excluding hydrogens is 256 g/mol. The number of amides is 1. The minimum Gasteiger partial charge on any atom is -0.478 e. The summed E-state index contributed by atoms with van der Waals surface area (Å²) in [6.45, 7) is 1.00. The van der Waals surface area contributed by atoms with Gasteiger partial charge < -0.3 is 15.3 Å². The Morgan fingerprint density at radius 2 is 2.15 bits per heavy atom. The standard InChI is InChI=1S/C15H18N2O3/c18-14(9-16-10-6-7-10)17-8-2-4-11-12(15(19)20)3-1-5-13(11)17/h1,3,5,10,16H,2,4,6-9H2,(H,19,20). The zero-order valence-corrected chi connectivity index (χ0v) is 11.3. The van der Waals surface area contributed by atoms with Crippen LogP contribution in [0.15, 0.2) is 18.2 Å². The van der Waals surface area contributed by atoms with Gasteiger partial charge in [0, 0.05) is 18.3 Å². The molecule has 3 rings (SSSR count). The third-order valence-corrected chi connectivity index (χ3v) is 3.90. The number of carbonyl (C=O) groups is 2. The largest absolute Gasteiger partial charge is 0.478 e. The van der Waals surface area contributed by atoms with E-state index < -0.39 is 5.97 Å². The molecule has 2 aliphatic rings. The molecule has 0 aromatic heterocycles. The monoisotopic (exact) mass is 274 g/mol. The summed E-state index contributed by atoms with van der Waals surface area (Å²) in [5, 5.41) is 12.4. The third kappa shape index (κ3) is 2.54. The molecule has 1 aliphatic carbocycles. The molecule has 0 spiro atoms. The Labute approximate surface area is 117 Å². The molecule has 1 heterocycles. The number of anilines is 1. The average Bonchev–Trinajstić information content (AvgIpc) is 3.27. The van der Waals surface area contributed by atoms with Crippen LogP contribution < -0.4 is 10.2 Å². The summed E-state index contributed by atoms with van der Waals surface area (Å²) >= 11 is 0. The number of hydrogen-bond acceptors (Lipinski definition) is 3. The highest BCUT2D eigenvalue weighted by Crippen LogP contribution is 2.30. The van der Waals surface area contributed by atoms with E-state index in [-0.39, 0.29) is 5.91 Å². The van der Waals surface area contributed by atoms with Crippen LogP contribution in [0.1, 0.15) is 35.2 Å². The van der Waals surface area contributed by atoms with Gasteiger partial charge in [0.25, 0.3) is 0 Å². The number of benzene rings is 1. The van der Waals surface area contributed by atoms with Crippen molar-refractivity contribution in [3.05, 3.63) is 29.3 Å². The number of nitrogens with zero attached hydrogens (tertiary/aromatic N) is 1. The molecule has 5 heteroatoms. The van der Waals surface area contributed by atoms with E-state index in [1.807, 2.05) is 6.07 Å². The molecule has 5 nitrogen and oxygen atoms in total. The summed E-state index contributed by atoms with van der Waals surface area (Å²) in [7, 11) is 0. The first kappa shape index (κ1) is 13.1. The average molecular weight is 274 g/mol. The van der Waals surface area contributed by atoms with Gasteiger partial charge in [-0.05, 0) is 43.4 Å². The molecule has 1 aromatic rings. The van der Waals surface area contributed by atoms with E-state index in [0.717, 1.165) is 36.9 Å². The van der Waals surface area contributed by atoms with Crippen molar-refractivity contribution in [3.8, 4) is 0 Å². The number of carbonyl (C=O) groups excluding carboxylic acids is 1. The van der Waals surface area contributed by atoms with Crippen LogP contribution in [0.4, 0.5) is 5.69 Å². The maximum atomic E-state index is 12.3. The van der Waals surface area contributed by atoms with Crippen molar-refractivity contribution in [2.75, 3.05) is 18.0 Å². The van der Waals surface area contributed by atoms with Crippen molar-refractivity contribution < 1.29 is 14.7 Å². The molecule has 1 amide bonds. The zero-order valence-electron chi connectivity index (χ0n) is 11.3. The molecule has 0 unspecified atom stereocenters. The van der Waals surface area contributed by atoms with Crippen LogP contribution in [0.25, 0.3) is 0 Å². The first-order chi connectivity index (χ1) is 9.66. The van der Waals surface area contributed by atoms with Crippen molar-refractivity contribution >= 4 is 17.6 Å². The second-order valence-corrected chi connectivity index (χ2v) is 5.41. The third-order valence-electron chi connectivity index (χ3n) is 3.90. The second-order valence-electron chi connectivity index (χ2n) is 5.41. The fourth-order valence-corrected chi connectivity index (χ4v) is 2.70. The Hall–Kier alpha value is -1.88. The summed E-state index contributed by atoms with van der Waals surface area (Å²) in [6.07, 6.45) is 3.82. The Bertz CT molecular complexity index is 552. The number of nitrogens with one attached hydrogen (secondary N) is 1. The van der Waals surface area contributed by atoms with Crippen LogP contribution in [0, 0.1) is 0 Å². The van der Waals surface area contributed by atoms with E-state index in [1.54, 1.807) is 17.0 Å². The van der Waals surface area contributed by atoms with Crippen molar-refractivity contribution in [2.45, 2.75) is 31.7 Å². The first-order valence-corrected chi connectivity index (χ1v) is 7.06. The maximum absolute atomic E-state index is 12.3. The van der Waals surface area contributed by atoms with Gasteiger partial charge in [0.15, 0.2) is 0 Å². The highest BCUT2D eigenvalue weighted by molar-refractivity contribution is 5.99. The van der Waals surface area contributed by atoms with Gasteiger partial charge in [-0.25, -0.2) is 4.79 Å². The van der Waals surface area contributed by atoms with Gasteiger partial charge in [-0.15, -0.1) is 0 Å². The summed E-state index contributed by atoms with van der Waals surface area (Å²) < 4.78 is 0. The predicted molar refractivity (Wildman–Crippen MR) is 75.1 cm³/mol. The lowest BCUT2D eigenvalue weighted by molar-refractivity contribution is -0.117. The molecular formula is C15H18N2O3. The van der Waals surface area contributed by atoms with E-state index in [0.29, 0.717) is 24.7 Å². The molecule has 0 saturated heterocycles. The molecule has 1 saturated carbocycles. The molecule has 20 heavy (non-hydrogen) atoms. The van der Waals surface area contributed by atoms with Gasteiger partial charge in [-0.3, -0.25) is 4.79 Å². The van der Waals surface area contributed by atoms with E-state index in [4.69, 9.17) is 0 Å². The van der Waals surface area contributed by atoms with Crippen LogP contribution in [0.5, 0.6) is 0 Å². The normalized spacial score (nSPS) is 17.7. The lowest BCUT2D eigenvalue weighted by Gasteiger charge is -2.30. The Morgan fingerprint density at radius 1 is 1.35 bits per heavy atom. The van der Waals surface area contributed by atoms with Crippen LogP contribution in [0.2, 0.25) is 0 Å². The quantitative estimate of drug-likeness (QED) is 0.871. The number of rotatable bonds is 4. The number of fused-ring (bicyclic) bond motifs is 1. The number of hydrogen-bond donors (Lipinski definition) is 2. The lowest BCUT2D eigenvalue weighted by Crippen LogP contribution is -2.42. The molecule has 106 valence electrons. The molecule has 2 N–H and O–H groups in total. The maximum Gasteiger partial charge on any atom is 0.336 e. The first-order valence-electron chi connectivity index (χ1n) is 7.06. The second kappa shape index (κ2) is 5.25. The van der Waals surface area contributed by atoms with Crippen LogP contribution >= 0.6 is 0 Å². The number of carboxylic acid groups (broad SMARTS) is 1. The molecule has 1 fully saturated rings. The van der Waals surface area contributed by atoms with E-state index in [9.17, 15) is 14.7 Å². The van der Waals surface area contributed by atoms with Gasteiger partial charge in [-0.2, -0.15) is 0 Å². The molecule has 0 bridgehead atoms. The van der Waals surface area contributed by atoms with Crippen LogP contribution in [-0.2, 0) is 11.2 Å². The summed E-state index contributed by atoms with van der Waals surface area (Å²) in [5.41, 5.74) is 1.86. The molecule has 0 atom stereocenters. The Kier molecular flexibility index (Phi) is 3.44. The lowest BCUT2D eigenvalue weighted by atomic mass is 9.96. The van der Waals surface area contributed by atoms with Crippen LogP contribution in [-0.4, -0.2) is 36.1 Å². The SMILES string of the molecule is O=C(O)c1cccc2c1CCCN2C(=O)CNC1CC1. The van der Waals surface area contributed by atoms with E-state index >= 15 is 0 Å². The molecule has 1 aliphatic heterocycles. The summed E-state index contributed by atoms with van der Waals surface area (Å²) in [6, 6.07) is 5.66. The van der Waals surface area contributed by atoms with Crippen molar-refractivity contribution in [1.82, 2.24) is 5.32 Å². The summed E-state index contributed by atoms with van der Waals surface area (Å²) in [4.78, 5) is 25.3. The minimum atomic E-state index is -0.924. The topological polar surface area (TPSA) is 69.6 Å². The highest BCUT2D eigenvalue weighted by Gasteiger charge is 2.27. The minimum absolute atomic E-state index is 0.0281. The number of aromatic carboxylic acids is 1. The van der Waals surface area contributed by atoms with Gasteiger partial charge >= 0.3 is 5.97 Å². The van der Waals surface area contributed by atoms with Gasteiger partial charge in [0.1, 0.15) is 0 Å². The zero-order chi connectivity index (χ0) is 14.1. The predicted octanol–water partition coefficient (Wildman–Crippen LogP) is 1.42. The highest BCUT2D eigenvalue weighted by atomic mass is 16.4. The van der Waals surface area contributed by atoms with Crippen LogP contribution in [0.3, 0.4) is 0 Å². The van der Waals surface area contributed by atoms with E-state index in [1.165, 1.54) is 0 Å². The Morgan fingerprint density at radius 3 is 2.85 bits per heavy atom. The summed E-state index contributed by atoms with van der Waals surface area (Å²) in [5.74, 6) is -0.896. The van der Waals surface area contributed by atoms with Crippen molar-refractivity contribution in [1.29, 1.82) is 0 Å². The van der Waals surface area contributed by atoms with Crippen molar-refractivity contribution in [2.24, 2.45) is 0 Å². The Balaban J connectivity index is 1.83. The van der Waals surface area contributed by atoms with Crippen molar-refractivity contribution in [3.63, 3.8) is 0 Å². The van der Waals surface area contributed by atoms with Gasteiger partial charge in [0.2, 0.25) is 5.91 Å². The van der Waals surface area contributed by atoms with Gasteiger partial charge in [-0.1, -0.05) is 6.07 Å². The van der Waals surface area contributed by atoms with Gasteiger partial charge in [0.05, 0.1) is 12.1 Å². The fourth-order valence-electron chi connectivity index (χ4n) is 2.70. The van der Waals surface area contributed by atoms with E-state index in [2.05, 4.69) is 5.32 Å². The fraction of sp³-hybridized carbons (Fsp3) is 0.467. The number of carboxylic acids is 1. The molecule has 1 aromatic carbocycles. The smallest absolute Gasteiger partial charge is 0.336 e.